The molecule has 2 N–H and O–H groups in total. The van der Waals surface area contributed by atoms with E-state index in [2.05, 4.69) is 5.32 Å². The molecule has 0 spiro atoms. The van der Waals surface area contributed by atoms with Gasteiger partial charge < -0.3 is 24.8 Å². The maximum absolute atomic E-state index is 14.0. The molecule has 168 valence electrons. The Hall–Kier alpha value is -2.84. The fraction of sp³-hybridized carbons (Fsp3) is 0.364. The Morgan fingerprint density at radius 2 is 1.81 bits per heavy atom. The third kappa shape index (κ3) is 6.57. The standard InChI is InChI=1S/C22H26ClFN2O5/c1-13(25-11-21(27)26(3)14(2)22(28)29)18-9-15(24)10-20(23)19(18)12-31-17-7-5-16(30-4)6-8-17/h5-10,13-14,25H,11-12H2,1-4H3,(H,28,29)/t13-,14?/m0/s1. The largest absolute Gasteiger partial charge is 0.497 e. The van der Waals surface area contributed by atoms with E-state index in [1.165, 1.54) is 26.1 Å². The van der Waals surface area contributed by atoms with Gasteiger partial charge in [-0.1, -0.05) is 11.6 Å². The number of carbonyl (C=O) groups excluding carboxylic acids is 1. The van der Waals surface area contributed by atoms with Crippen LogP contribution in [0.25, 0.3) is 0 Å². The summed E-state index contributed by atoms with van der Waals surface area (Å²) in [6.45, 7) is 3.15. The minimum atomic E-state index is -1.10. The number of halogens is 2. The number of aliphatic carboxylic acids is 1. The molecule has 1 unspecified atom stereocenters. The molecule has 0 aliphatic heterocycles. The molecule has 0 heterocycles. The maximum Gasteiger partial charge on any atom is 0.326 e. The Morgan fingerprint density at radius 3 is 2.39 bits per heavy atom. The lowest BCUT2D eigenvalue weighted by Gasteiger charge is -2.24. The van der Waals surface area contributed by atoms with Crippen molar-refractivity contribution in [1.82, 2.24) is 10.2 Å². The number of carboxylic acids is 1. The predicted octanol–water partition coefficient (Wildman–Crippen LogP) is 3.65. The van der Waals surface area contributed by atoms with E-state index in [-0.39, 0.29) is 18.2 Å². The van der Waals surface area contributed by atoms with Gasteiger partial charge in [-0.25, -0.2) is 9.18 Å². The lowest BCUT2D eigenvalue weighted by atomic mass is 10.0. The Bertz CT molecular complexity index is 923. The summed E-state index contributed by atoms with van der Waals surface area (Å²) in [6, 6.07) is 8.15. The van der Waals surface area contributed by atoms with Gasteiger partial charge in [0.05, 0.1) is 18.7 Å². The molecule has 0 radical (unpaired) electrons. The highest BCUT2D eigenvalue weighted by atomic mass is 35.5. The smallest absolute Gasteiger partial charge is 0.326 e. The van der Waals surface area contributed by atoms with Crippen LogP contribution in [0.15, 0.2) is 36.4 Å². The summed E-state index contributed by atoms with van der Waals surface area (Å²) in [5, 5.41) is 12.3. The van der Waals surface area contributed by atoms with E-state index in [0.29, 0.717) is 22.6 Å². The van der Waals surface area contributed by atoms with E-state index in [9.17, 15) is 14.0 Å². The van der Waals surface area contributed by atoms with Gasteiger partial charge in [-0.3, -0.25) is 4.79 Å². The number of benzene rings is 2. The fourth-order valence-electron chi connectivity index (χ4n) is 2.85. The molecule has 2 aromatic rings. The quantitative estimate of drug-likeness (QED) is 0.572. The highest BCUT2D eigenvalue weighted by Crippen LogP contribution is 2.28. The second kappa shape index (κ2) is 11.0. The van der Waals surface area contributed by atoms with E-state index in [1.54, 1.807) is 38.3 Å². The van der Waals surface area contributed by atoms with E-state index in [0.717, 1.165) is 4.90 Å². The topological polar surface area (TPSA) is 88.1 Å². The number of likely N-dealkylation sites (N-methyl/N-ethyl adjacent to an activating group) is 1. The minimum absolute atomic E-state index is 0.0939. The van der Waals surface area contributed by atoms with Crippen LogP contribution >= 0.6 is 11.6 Å². The summed E-state index contributed by atoms with van der Waals surface area (Å²) >= 11 is 6.27. The van der Waals surface area contributed by atoms with Gasteiger partial charge in [0, 0.05) is 18.7 Å². The molecule has 7 nitrogen and oxygen atoms in total. The van der Waals surface area contributed by atoms with Crippen LogP contribution in [0, 0.1) is 5.82 Å². The number of carboxylic acid groups (broad SMARTS) is 1. The number of hydrogen-bond donors (Lipinski definition) is 2. The van der Waals surface area contributed by atoms with Gasteiger partial charge in [-0.2, -0.15) is 0 Å². The minimum Gasteiger partial charge on any atom is -0.497 e. The molecular weight excluding hydrogens is 427 g/mol. The average molecular weight is 453 g/mol. The van der Waals surface area contributed by atoms with E-state index in [4.69, 9.17) is 26.2 Å². The molecule has 1 amide bonds. The van der Waals surface area contributed by atoms with E-state index < -0.39 is 29.8 Å². The number of nitrogens with zero attached hydrogens (tertiary/aromatic N) is 1. The van der Waals surface area contributed by atoms with Gasteiger partial charge in [-0.05, 0) is 55.8 Å². The summed E-state index contributed by atoms with van der Waals surface area (Å²) in [5.41, 5.74) is 1.12. The molecule has 0 aliphatic carbocycles. The maximum atomic E-state index is 14.0. The number of hydrogen-bond acceptors (Lipinski definition) is 5. The Balaban J connectivity index is 2.11. The van der Waals surface area contributed by atoms with Crippen LogP contribution in [0.4, 0.5) is 4.39 Å². The lowest BCUT2D eigenvalue weighted by molar-refractivity contribution is -0.147. The highest BCUT2D eigenvalue weighted by Gasteiger charge is 2.23. The van der Waals surface area contributed by atoms with Gasteiger partial charge in [-0.15, -0.1) is 0 Å². The highest BCUT2D eigenvalue weighted by molar-refractivity contribution is 6.31. The SMILES string of the molecule is COc1ccc(OCc2c(Cl)cc(F)cc2[C@H](C)NCC(=O)N(C)C(C)C(=O)O)cc1. The van der Waals surface area contributed by atoms with Gasteiger partial charge in [0.25, 0.3) is 0 Å². The lowest BCUT2D eigenvalue weighted by Crippen LogP contribution is -2.44. The molecule has 31 heavy (non-hydrogen) atoms. The molecule has 0 saturated carbocycles. The van der Waals surface area contributed by atoms with Crippen molar-refractivity contribution >= 4 is 23.5 Å². The number of ether oxygens (including phenoxy) is 2. The molecule has 0 aromatic heterocycles. The van der Waals surface area contributed by atoms with Crippen LogP contribution in [0.2, 0.25) is 5.02 Å². The first-order valence-corrected chi connectivity index (χ1v) is 9.98. The van der Waals surface area contributed by atoms with Crippen LogP contribution in [-0.4, -0.2) is 48.6 Å². The van der Waals surface area contributed by atoms with Crippen LogP contribution < -0.4 is 14.8 Å². The molecule has 0 bridgehead atoms. The van der Waals surface area contributed by atoms with E-state index in [1.807, 2.05) is 0 Å². The molecule has 0 aliphatic rings. The van der Waals surface area contributed by atoms with Crippen molar-refractivity contribution in [3.63, 3.8) is 0 Å². The fourth-order valence-corrected chi connectivity index (χ4v) is 3.11. The number of amides is 1. The molecule has 2 atom stereocenters. The predicted molar refractivity (Wildman–Crippen MR) is 115 cm³/mol. The summed E-state index contributed by atoms with van der Waals surface area (Å²) in [4.78, 5) is 24.5. The molecule has 9 heteroatoms. The van der Waals surface area contributed by atoms with Crippen molar-refractivity contribution in [2.24, 2.45) is 0 Å². The van der Waals surface area contributed by atoms with Gasteiger partial charge in [0.15, 0.2) is 0 Å². The number of rotatable bonds is 10. The Kier molecular flexibility index (Phi) is 8.65. The van der Waals surface area contributed by atoms with Crippen LogP contribution in [0.3, 0.4) is 0 Å². The molecule has 2 rings (SSSR count). The molecule has 0 saturated heterocycles. The van der Waals surface area contributed by atoms with Crippen molar-refractivity contribution in [3.05, 3.63) is 58.4 Å². The van der Waals surface area contributed by atoms with Gasteiger partial charge in [0.2, 0.25) is 5.91 Å². The molecule has 0 fully saturated rings. The van der Waals surface area contributed by atoms with Crippen LogP contribution in [0.5, 0.6) is 11.5 Å². The zero-order valence-electron chi connectivity index (χ0n) is 17.8. The average Bonchev–Trinajstić information content (AvgIpc) is 2.75. The Morgan fingerprint density at radius 1 is 1.19 bits per heavy atom. The van der Waals surface area contributed by atoms with Crippen LogP contribution in [0.1, 0.15) is 31.0 Å². The van der Waals surface area contributed by atoms with Gasteiger partial charge >= 0.3 is 5.97 Å². The number of methoxy groups -OCH3 is 1. The third-order valence-corrected chi connectivity index (χ3v) is 5.33. The van der Waals surface area contributed by atoms with E-state index >= 15 is 0 Å². The summed E-state index contributed by atoms with van der Waals surface area (Å²) in [6.07, 6.45) is 0. The van der Waals surface area contributed by atoms with Crippen molar-refractivity contribution in [3.8, 4) is 11.5 Å². The number of nitrogens with one attached hydrogen (secondary N) is 1. The second-order valence-electron chi connectivity index (χ2n) is 7.04. The van der Waals surface area contributed by atoms with Gasteiger partial charge in [0.1, 0.15) is 30.0 Å². The first-order chi connectivity index (χ1) is 14.6. The summed E-state index contributed by atoms with van der Waals surface area (Å²) < 4.78 is 24.9. The summed E-state index contributed by atoms with van der Waals surface area (Å²) in [7, 11) is 2.99. The normalized spacial score (nSPS) is 12.7. The third-order valence-electron chi connectivity index (χ3n) is 5.00. The summed E-state index contributed by atoms with van der Waals surface area (Å²) in [5.74, 6) is -0.728. The van der Waals surface area contributed by atoms with Crippen molar-refractivity contribution < 1.29 is 28.6 Å². The zero-order chi connectivity index (χ0) is 23.1. The molecule has 2 aromatic carbocycles. The first kappa shape index (κ1) is 24.4. The molecular formula is C22H26ClFN2O5. The monoisotopic (exact) mass is 452 g/mol. The van der Waals surface area contributed by atoms with Crippen LogP contribution in [-0.2, 0) is 16.2 Å². The number of carbonyl (C=O) groups is 2. The Labute approximate surface area is 185 Å². The zero-order valence-corrected chi connectivity index (χ0v) is 18.6. The second-order valence-corrected chi connectivity index (χ2v) is 7.45. The first-order valence-electron chi connectivity index (χ1n) is 9.60. The van der Waals surface area contributed by atoms with Crippen molar-refractivity contribution in [1.29, 1.82) is 0 Å². The van der Waals surface area contributed by atoms with Crippen molar-refractivity contribution in [2.75, 3.05) is 20.7 Å². The van der Waals surface area contributed by atoms with Crippen molar-refractivity contribution in [2.45, 2.75) is 32.5 Å².